The standard InChI is InChI=1S/C10H27N3O3Si/c1-14-17(15-2,16-3)9-5-10(12)4-7-13-8-6-11/h10,13H,4-9,11-12H2,1-3H3. The predicted octanol–water partition coefficient (Wildman–Crippen LogP) is -0.480. The third-order valence-corrected chi connectivity index (χ3v) is 5.53. The predicted molar refractivity (Wildman–Crippen MR) is 70.7 cm³/mol. The van der Waals surface area contributed by atoms with Crippen LogP contribution in [0.15, 0.2) is 0 Å². The van der Waals surface area contributed by atoms with Crippen LogP contribution in [0, 0.1) is 0 Å². The molecule has 0 saturated carbocycles. The summed E-state index contributed by atoms with van der Waals surface area (Å²) in [6, 6.07) is 0.877. The van der Waals surface area contributed by atoms with Gasteiger partial charge in [-0.25, -0.2) is 0 Å². The van der Waals surface area contributed by atoms with E-state index in [-0.39, 0.29) is 6.04 Å². The molecule has 5 N–H and O–H groups in total. The third kappa shape index (κ3) is 7.09. The van der Waals surface area contributed by atoms with Crippen molar-refractivity contribution in [3.63, 3.8) is 0 Å². The van der Waals surface area contributed by atoms with Gasteiger partial charge in [0.05, 0.1) is 0 Å². The van der Waals surface area contributed by atoms with Crippen LogP contribution >= 0.6 is 0 Å². The SMILES string of the molecule is CO[Si](CCC(N)CCNCCN)(OC)OC. The van der Waals surface area contributed by atoms with E-state index in [2.05, 4.69) is 5.32 Å². The van der Waals surface area contributed by atoms with Crippen molar-refractivity contribution >= 4 is 8.80 Å². The maximum absolute atomic E-state index is 6.01. The lowest BCUT2D eigenvalue weighted by atomic mass is 10.2. The maximum atomic E-state index is 6.01. The van der Waals surface area contributed by atoms with Crippen LogP contribution in [0.2, 0.25) is 6.04 Å². The number of rotatable bonds is 11. The molecule has 0 aliphatic rings. The van der Waals surface area contributed by atoms with E-state index in [1.54, 1.807) is 21.3 Å². The minimum Gasteiger partial charge on any atom is -0.377 e. The van der Waals surface area contributed by atoms with Crippen molar-refractivity contribution in [2.24, 2.45) is 11.5 Å². The minimum atomic E-state index is -2.45. The fourth-order valence-electron chi connectivity index (χ4n) is 1.58. The molecular weight excluding hydrogens is 238 g/mol. The molecule has 0 spiro atoms. The first-order valence-electron chi connectivity index (χ1n) is 5.96. The fraction of sp³-hybridized carbons (Fsp3) is 1.00. The van der Waals surface area contributed by atoms with E-state index in [4.69, 9.17) is 24.7 Å². The molecule has 0 aliphatic carbocycles. The van der Waals surface area contributed by atoms with Gasteiger partial charge in [-0.2, -0.15) is 0 Å². The Kier molecular flexibility index (Phi) is 9.94. The number of hydrogen-bond donors (Lipinski definition) is 3. The number of nitrogens with one attached hydrogen (secondary N) is 1. The highest BCUT2D eigenvalue weighted by Gasteiger charge is 2.37. The molecule has 0 bridgehead atoms. The first-order valence-corrected chi connectivity index (χ1v) is 7.89. The molecule has 0 saturated heterocycles. The first kappa shape index (κ1) is 17.0. The summed E-state index contributed by atoms with van der Waals surface area (Å²) in [5.41, 5.74) is 11.4. The van der Waals surface area contributed by atoms with Crippen LogP contribution in [-0.2, 0) is 13.3 Å². The molecule has 0 fully saturated rings. The van der Waals surface area contributed by atoms with E-state index < -0.39 is 8.80 Å². The van der Waals surface area contributed by atoms with Gasteiger partial charge < -0.3 is 30.1 Å². The molecule has 0 aromatic rings. The highest BCUT2D eigenvalue weighted by molar-refractivity contribution is 6.60. The van der Waals surface area contributed by atoms with Crippen molar-refractivity contribution in [2.45, 2.75) is 24.9 Å². The second-order valence-electron chi connectivity index (χ2n) is 3.92. The summed E-state index contributed by atoms with van der Waals surface area (Å²) in [7, 11) is 2.40. The summed E-state index contributed by atoms with van der Waals surface area (Å²) in [6.07, 6.45) is 1.76. The van der Waals surface area contributed by atoms with E-state index in [1.807, 2.05) is 0 Å². The molecule has 17 heavy (non-hydrogen) atoms. The molecule has 0 aromatic carbocycles. The monoisotopic (exact) mass is 265 g/mol. The van der Waals surface area contributed by atoms with Crippen LogP contribution in [0.3, 0.4) is 0 Å². The summed E-state index contributed by atoms with van der Waals surface area (Å²) < 4.78 is 16.0. The van der Waals surface area contributed by atoms with Gasteiger partial charge in [0.15, 0.2) is 0 Å². The van der Waals surface area contributed by atoms with Crippen molar-refractivity contribution in [3.05, 3.63) is 0 Å². The van der Waals surface area contributed by atoms with Gasteiger partial charge in [0.25, 0.3) is 0 Å². The molecule has 0 heterocycles. The lowest BCUT2D eigenvalue weighted by Crippen LogP contribution is -2.44. The Labute approximate surface area is 105 Å². The molecule has 1 unspecified atom stereocenters. The largest absolute Gasteiger partial charge is 0.500 e. The molecule has 1 atom stereocenters. The Morgan fingerprint density at radius 2 is 1.65 bits per heavy atom. The van der Waals surface area contributed by atoms with Gasteiger partial charge in [0, 0.05) is 46.5 Å². The molecule has 0 rings (SSSR count). The summed E-state index contributed by atoms with van der Waals surface area (Å²) in [6.45, 7) is 2.38. The first-order chi connectivity index (χ1) is 8.14. The third-order valence-electron chi connectivity index (χ3n) is 2.77. The molecule has 6 nitrogen and oxygen atoms in total. The van der Waals surface area contributed by atoms with E-state index in [0.717, 1.165) is 32.0 Å². The molecule has 0 aromatic heterocycles. The van der Waals surface area contributed by atoms with Crippen LogP contribution in [0.25, 0.3) is 0 Å². The Bertz CT molecular complexity index is 174. The average Bonchev–Trinajstić information content (AvgIpc) is 2.37. The van der Waals surface area contributed by atoms with Gasteiger partial charge in [0.1, 0.15) is 0 Å². The quantitative estimate of drug-likeness (QED) is 0.345. The molecular formula is C10H27N3O3Si. The van der Waals surface area contributed by atoms with Crippen LogP contribution in [0.4, 0.5) is 0 Å². The summed E-state index contributed by atoms with van der Waals surface area (Å²) in [4.78, 5) is 0. The van der Waals surface area contributed by atoms with Gasteiger partial charge >= 0.3 is 8.80 Å². The van der Waals surface area contributed by atoms with Crippen LogP contribution in [0.5, 0.6) is 0 Å². The average molecular weight is 265 g/mol. The Morgan fingerprint density at radius 1 is 1.06 bits per heavy atom. The zero-order chi connectivity index (χ0) is 13.1. The van der Waals surface area contributed by atoms with Crippen molar-refractivity contribution in [3.8, 4) is 0 Å². The zero-order valence-corrected chi connectivity index (χ0v) is 12.2. The molecule has 0 radical (unpaired) electrons. The molecule has 7 heteroatoms. The summed E-state index contributed by atoms with van der Waals surface area (Å²) in [5.74, 6) is 0. The lowest BCUT2D eigenvalue weighted by Gasteiger charge is -2.25. The van der Waals surface area contributed by atoms with Crippen LogP contribution in [0.1, 0.15) is 12.8 Å². The van der Waals surface area contributed by atoms with E-state index in [9.17, 15) is 0 Å². The second kappa shape index (κ2) is 9.95. The van der Waals surface area contributed by atoms with Crippen molar-refractivity contribution < 1.29 is 13.3 Å². The molecule has 0 aliphatic heterocycles. The summed E-state index contributed by atoms with van der Waals surface area (Å²) >= 11 is 0. The zero-order valence-electron chi connectivity index (χ0n) is 11.2. The van der Waals surface area contributed by atoms with Gasteiger partial charge in [-0.1, -0.05) is 0 Å². The normalized spacial score (nSPS) is 13.9. The highest BCUT2D eigenvalue weighted by Crippen LogP contribution is 2.16. The second-order valence-corrected chi connectivity index (χ2v) is 7.01. The van der Waals surface area contributed by atoms with Crippen molar-refractivity contribution in [2.75, 3.05) is 41.0 Å². The number of hydrogen-bond acceptors (Lipinski definition) is 6. The molecule has 0 amide bonds. The lowest BCUT2D eigenvalue weighted by molar-refractivity contribution is 0.122. The van der Waals surface area contributed by atoms with E-state index >= 15 is 0 Å². The Morgan fingerprint density at radius 3 is 2.12 bits per heavy atom. The minimum absolute atomic E-state index is 0.132. The topological polar surface area (TPSA) is 91.8 Å². The molecule has 104 valence electrons. The van der Waals surface area contributed by atoms with Gasteiger partial charge in [0.2, 0.25) is 0 Å². The summed E-state index contributed by atoms with van der Waals surface area (Å²) in [5, 5.41) is 3.22. The van der Waals surface area contributed by atoms with Gasteiger partial charge in [-0.3, -0.25) is 0 Å². The van der Waals surface area contributed by atoms with E-state index in [1.165, 1.54) is 0 Å². The Hall–Kier alpha value is -0.0231. The van der Waals surface area contributed by atoms with Crippen LogP contribution < -0.4 is 16.8 Å². The fourth-order valence-corrected chi connectivity index (χ4v) is 3.41. The Balaban J connectivity index is 3.76. The highest BCUT2D eigenvalue weighted by atomic mass is 28.4. The smallest absolute Gasteiger partial charge is 0.377 e. The van der Waals surface area contributed by atoms with Crippen molar-refractivity contribution in [1.29, 1.82) is 0 Å². The maximum Gasteiger partial charge on any atom is 0.500 e. The van der Waals surface area contributed by atoms with Crippen molar-refractivity contribution in [1.82, 2.24) is 5.32 Å². The van der Waals surface area contributed by atoms with E-state index in [0.29, 0.717) is 6.54 Å². The number of nitrogens with two attached hydrogens (primary N) is 2. The van der Waals surface area contributed by atoms with Gasteiger partial charge in [-0.05, 0) is 19.4 Å². The van der Waals surface area contributed by atoms with Gasteiger partial charge in [-0.15, -0.1) is 0 Å². The van der Waals surface area contributed by atoms with Crippen LogP contribution in [-0.4, -0.2) is 55.8 Å².